The molecule has 0 aliphatic heterocycles. The third kappa shape index (κ3) is 2.21. The standard InChI is InChI=1S/C10H10BrN5/c1-10(13,5-12)6-16-4-9-8(15-16)2-7(11)3-14-9/h2-4H,6,13H2,1H3/t10-/m1/s1. The SMILES string of the molecule is C[C@@](N)(C#N)Cn1cc2ncc(Br)cc2n1. The lowest BCUT2D eigenvalue weighted by atomic mass is 10.1. The van der Waals surface area contributed by atoms with E-state index >= 15 is 0 Å². The van der Waals surface area contributed by atoms with Crippen molar-refractivity contribution >= 4 is 27.0 Å². The molecule has 0 aliphatic rings. The molecule has 2 rings (SSSR count). The van der Waals surface area contributed by atoms with Gasteiger partial charge in [0.15, 0.2) is 0 Å². The van der Waals surface area contributed by atoms with Crippen LogP contribution in [0.1, 0.15) is 6.92 Å². The molecule has 0 bridgehead atoms. The first-order valence-corrected chi connectivity index (χ1v) is 5.48. The van der Waals surface area contributed by atoms with E-state index in [1.54, 1.807) is 24.0 Å². The van der Waals surface area contributed by atoms with Gasteiger partial charge in [0.2, 0.25) is 0 Å². The summed E-state index contributed by atoms with van der Waals surface area (Å²) >= 11 is 3.33. The third-order valence-corrected chi connectivity index (χ3v) is 2.55. The number of halogens is 1. The number of hydrogen-bond donors (Lipinski definition) is 1. The highest BCUT2D eigenvalue weighted by Crippen LogP contribution is 2.16. The maximum atomic E-state index is 8.84. The molecule has 1 atom stereocenters. The van der Waals surface area contributed by atoms with Crippen molar-refractivity contribution in [1.82, 2.24) is 14.8 Å². The largest absolute Gasteiger partial charge is 0.312 e. The van der Waals surface area contributed by atoms with Crippen LogP contribution >= 0.6 is 15.9 Å². The van der Waals surface area contributed by atoms with Gasteiger partial charge in [-0.3, -0.25) is 9.67 Å². The summed E-state index contributed by atoms with van der Waals surface area (Å²) in [5.41, 5.74) is 6.40. The smallest absolute Gasteiger partial charge is 0.121 e. The number of rotatable bonds is 2. The van der Waals surface area contributed by atoms with Gasteiger partial charge in [0.05, 0.1) is 18.8 Å². The summed E-state index contributed by atoms with van der Waals surface area (Å²) in [4.78, 5) is 4.20. The molecule has 0 saturated heterocycles. The molecule has 2 aromatic heterocycles. The van der Waals surface area contributed by atoms with Crippen molar-refractivity contribution in [2.75, 3.05) is 0 Å². The Kier molecular flexibility index (Phi) is 2.66. The Bertz CT molecular complexity index is 566. The van der Waals surface area contributed by atoms with Crippen molar-refractivity contribution in [3.8, 4) is 6.07 Å². The number of nitrogens with zero attached hydrogens (tertiary/aromatic N) is 4. The quantitative estimate of drug-likeness (QED) is 0.902. The first-order valence-electron chi connectivity index (χ1n) is 4.69. The summed E-state index contributed by atoms with van der Waals surface area (Å²) < 4.78 is 2.52. The summed E-state index contributed by atoms with van der Waals surface area (Å²) in [7, 11) is 0. The van der Waals surface area contributed by atoms with Gasteiger partial charge >= 0.3 is 0 Å². The monoisotopic (exact) mass is 279 g/mol. The number of nitriles is 1. The van der Waals surface area contributed by atoms with E-state index < -0.39 is 5.54 Å². The molecular weight excluding hydrogens is 270 g/mol. The van der Waals surface area contributed by atoms with Crippen LogP contribution < -0.4 is 5.73 Å². The first-order chi connectivity index (χ1) is 7.50. The average Bonchev–Trinajstić information content (AvgIpc) is 2.58. The highest BCUT2D eigenvalue weighted by Gasteiger charge is 2.18. The topological polar surface area (TPSA) is 80.5 Å². The maximum absolute atomic E-state index is 8.84. The first kappa shape index (κ1) is 11.0. The van der Waals surface area contributed by atoms with Crippen LogP contribution in [-0.2, 0) is 6.54 Å². The molecule has 0 spiro atoms. The fourth-order valence-corrected chi connectivity index (χ4v) is 1.70. The van der Waals surface area contributed by atoms with E-state index in [-0.39, 0.29) is 0 Å². The van der Waals surface area contributed by atoms with Gasteiger partial charge in [-0.25, -0.2) is 0 Å². The molecule has 82 valence electrons. The van der Waals surface area contributed by atoms with E-state index in [0.717, 1.165) is 15.5 Å². The zero-order chi connectivity index (χ0) is 11.8. The predicted octanol–water partition coefficient (Wildman–Crippen LogP) is 1.43. The normalized spacial score (nSPS) is 14.6. The minimum Gasteiger partial charge on any atom is -0.312 e. The molecule has 2 heterocycles. The molecule has 0 unspecified atom stereocenters. The highest BCUT2D eigenvalue weighted by atomic mass is 79.9. The molecule has 0 radical (unpaired) electrons. The predicted molar refractivity (Wildman–Crippen MR) is 63.4 cm³/mol. The van der Waals surface area contributed by atoms with Gasteiger partial charge in [0.25, 0.3) is 0 Å². The van der Waals surface area contributed by atoms with Crippen LogP contribution in [-0.4, -0.2) is 20.3 Å². The lowest BCUT2D eigenvalue weighted by molar-refractivity contribution is 0.462. The van der Waals surface area contributed by atoms with Gasteiger partial charge in [-0.15, -0.1) is 0 Å². The van der Waals surface area contributed by atoms with Crippen molar-refractivity contribution in [2.45, 2.75) is 19.0 Å². The van der Waals surface area contributed by atoms with Crippen LogP contribution in [0.25, 0.3) is 11.0 Å². The van der Waals surface area contributed by atoms with Gasteiger partial charge < -0.3 is 5.73 Å². The molecule has 0 amide bonds. The van der Waals surface area contributed by atoms with Gasteiger partial charge in [0, 0.05) is 10.7 Å². The van der Waals surface area contributed by atoms with Crippen molar-refractivity contribution < 1.29 is 0 Å². The fourth-order valence-electron chi connectivity index (χ4n) is 1.38. The van der Waals surface area contributed by atoms with Crippen LogP contribution in [0.2, 0.25) is 0 Å². The molecule has 0 aromatic carbocycles. The Morgan fingerprint density at radius 1 is 1.62 bits per heavy atom. The van der Waals surface area contributed by atoms with E-state index in [0.29, 0.717) is 6.54 Å². The molecular formula is C10H10BrN5. The van der Waals surface area contributed by atoms with E-state index in [4.69, 9.17) is 11.0 Å². The minimum absolute atomic E-state index is 0.345. The van der Waals surface area contributed by atoms with Crippen LogP contribution in [0.5, 0.6) is 0 Å². The Balaban J connectivity index is 2.38. The summed E-state index contributed by atoms with van der Waals surface area (Å²) in [6, 6.07) is 3.91. The van der Waals surface area contributed by atoms with Crippen molar-refractivity contribution in [1.29, 1.82) is 5.26 Å². The molecule has 5 nitrogen and oxygen atoms in total. The summed E-state index contributed by atoms with van der Waals surface area (Å²) in [5, 5.41) is 13.1. The Hall–Kier alpha value is -1.45. The van der Waals surface area contributed by atoms with Gasteiger partial charge in [-0.2, -0.15) is 10.4 Å². The van der Waals surface area contributed by atoms with Gasteiger partial charge in [-0.1, -0.05) is 0 Å². The number of fused-ring (bicyclic) bond motifs is 1. The van der Waals surface area contributed by atoms with E-state index in [9.17, 15) is 0 Å². The van der Waals surface area contributed by atoms with E-state index in [2.05, 4.69) is 26.0 Å². The van der Waals surface area contributed by atoms with Crippen LogP contribution in [0.15, 0.2) is 22.9 Å². The number of pyridine rings is 1. The highest BCUT2D eigenvalue weighted by molar-refractivity contribution is 9.10. The van der Waals surface area contributed by atoms with Crippen molar-refractivity contribution in [2.24, 2.45) is 5.73 Å². The van der Waals surface area contributed by atoms with Gasteiger partial charge in [-0.05, 0) is 28.9 Å². The Morgan fingerprint density at radius 2 is 2.38 bits per heavy atom. The molecule has 0 saturated carbocycles. The molecule has 16 heavy (non-hydrogen) atoms. The maximum Gasteiger partial charge on any atom is 0.121 e. The Labute approximate surface area is 101 Å². The lowest BCUT2D eigenvalue weighted by Gasteiger charge is -2.14. The molecule has 6 heteroatoms. The van der Waals surface area contributed by atoms with Crippen LogP contribution in [0.4, 0.5) is 0 Å². The minimum atomic E-state index is -0.917. The second-order valence-electron chi connectivity index (χ2n) is 3.91. The number of nitrogens with two attached hydrogens (primary N) is 1. The number of hydrogen-bond acceptors (Lipinski definition) is 4. The second kappa shape index (κ2) is 3.85. The van der Waals surface area contributed by atoms with E-state index in [1.807, 2.05) is 12.1 Å². The summed E-state index contributed by atoms with van der Waals surface area (Å²) in [6.07, 6.45) is 3.49. The van der Waals surface area contributed by atoms with E-state index in [1.165, 1.54) is 0 Å². The fraction of sp³-hybridized carbons (Fsp3) is 0.300. The molecule has 2 N–H and O–H groups in total. The molecule has 2 aromatic rings. The molecule has 0 fully saturated rings. The number of aromatic nitrogens is 3. The average molecular weight is 280 g/mol. The van der Waals surface area contributed by atoms with Crippen LogP contribution in [0.3, 0.4) is 0 Å². The second-order valence-corrected chi connectivity index (χ2v) is 4.83. The zero-order valence-corrected chi connectivity index (χ0v) is 10.3. The summed E-state index contributed by atoms with van der Waals surface area (Å²) in [6.45, 7) is 2.01. The summed E-state index contributed by atoms with van der Waals surface area (Å²) in [5.74, 6) is 0. The van der Waals surface area contributed by atoms with Crippen LogP contribution in [0, 0.1) is 11.3 Å². The Morgan fingerprint density at radius 3 is 3.06 bits per heavy atom. The van der Waals surface area contributed by atoms with Gasteiger partial charge in [0.1, 0.15) is 16.6 Å². The zero-order valence-electron chi connectivity index (χ0n) is 8.68. The molecule has 0 aliphatic carbocycles. The lowest BCUT2D eigenvalue weighted by Crippen LogP contribution is -2.39. The van der Waals surface area contributed by atoms with Crippen molar-refractivity contribution in [3.05, 3.63) is 22.9 Å². The third-order valence-electron chi connectivity index (χ3n) is 2.12. The van der Waals surface area contributed by atoms with Crippen molar-refractivity contribution in [3.63, 3.8) is 0 Å².